The molecular formula is C10H10N2O2S. The molecule has 0 atom stereocenters. The Morgan fingerprint density at radius 1 is 1.53 bits per heavy atom. The number of aromatic nitrogens is 1. The first-order valence-electron chi connectivity index (χ1n) is 4.37. The van der Waals surface area contributed by atoms with Crippen molar-refractivity contribution in [2.24, 2.45) is 0 Å². The molecular weight excluding hydrogens is 212 g/mol. The predicted octanol–water partition coefficient (Wildman–Crippen LogP) is 1.97. The van der Waals surface area contributed by atoms with Crippen molar-refractivity contribution in [3.05, 3.63) is 23.3 Å². The zero-order valence-corrected chi connectivity index (χ0v) is 9.22. The number of carbonyl (C=O) groups excluding carboxylic acids is 1. The van der Waals surface area contributed by atoms with Gasteiger partial charge >= 0.3 is 5.97 Å². The number of fused-ring (bicyclic) bond motifs is 1. The molecule has 15 heavy (non-hydrogen) atoms. The summed E-state index contributed by atoms with van der Waals surface area (Å²) in [6.07, 6.45) is 0. The number of nitrogen functional groups attached to an aromatic ring is 1. The fourth-order valence-electron chi connectivity index (χ4n) is 1.43. The van der Waals surface area contributed by atoms with Crippen molar-refractivity contribution < 1.29 is 9.53 Å². The first kappa shape index (κ1) is 9.92. The van der Waals surface area contributed by atoms with Crippen molar-refractivity contribution in [2.75, 3.05) is 12.8 Å². The lowest BCUT2D eigenvalue weighted by molar-refractivity contribution is 0.0600. The number of nitrogens with two attached hydrogens (primary N) is 1. The van der Waals surface area contributed by atoms with E-state index in [9.17, 15) is 4.79 Å². The molecule has 1 aromatic carbocycles. The van der Waals surface area contributed by atoms with E-state index in [1.165, 1.54) is 18.4 Å². The largest absolute Gasteiger partial charge is 0.465 e. The monoisotopic (exact) mass is 222 g/mol. The van der Waals surface area contributed by atoms with Gasteiger partial charge in [-0.05, 0) is 24.6 Å². The summed E-state index contributed by atoms with van der Waals surface area (Å²) in [5.74, 6) is -0.332. The van der Waals surface area contributed by atoms with E-state index in [0.717, 1.165) is 15.8 Å². The topological polar surface area (TPSA) is 65.2 Å². The van der Waals surface area contributed by atoms with E-state index in [4.69, 9.17) is 5.73 Å². The average Bonchev–Trinajstić information content (AvgIpc) is 2.55. The molecule has 0 fully saturated rings. The Hall–Kier alpha value is -1.62. The van der Waals surface area contributed by atoms with E-state index < -0.39 is 0 Å². The molecule has 0 bridgehead atoms. The number of nitrogens with zero attached hydrogens (tertiary/aromatic N) is 1. The molecule has 2 rings (SSSR count). The van der Waals surface area contributed by atoms with Crippen LogP contribution in [0.2, 0.25) is 0 Å². The molecule has 1 heterocycles. The van der Waals surface area contributed by atoms with Gasteiger partial charge in [0, 0.05) is 0 Å². The van der Waals surface area contributed by atoms with Crippen molar-refractivity contribution >= 4 is 32.7 Å². The van der Waals surface area contributed by atoms with Crippen LogP contribution in [0.15, 0.2) is 12.1 Å². The fraction of sp³-hybridized carbons (Fsp3) is 0.200. The Balaban J connectivity index is 2.66. The van der Waals surface area contributed by atoms with Crippen LogP contribution in [0, 0.1) is 6.92 Å². The van der Waals surface area contributed by atoms with Gasteiger partial charge in [0.15, 0.2) is 5.13 Å². The van der Waals surface area contributed by atoms with E-state index in [2.05, 4.69) is 9.72 Å². The number of aryl methyl sites for hydroxylation is 1. The van der Waals surface area contributed by atoms with Crippen LogP contribution >= 0.6 is 11.3 Å². The number of benzene rings is 1. The van der Waals surface area contributed by atoms with E-state index in [0.29, 0.717) is 10.7 Å². The highest BCUT2D eigenvalue weighted by Crippen LogP contribution is 2.26. The van der Waals surface area contributed by atoms with Gasteiger partial charge in [-0.3, -0.25) is 0 Å². The molecule has 0 amide bonds. The average molecular weight is 222 g/mol. The molecule has 4 nitrogen and oxygen atoms in total. The molecule has 0 aliphatic rings. The van der Waals surface area contributed by atoms with Crippen molar-refractivity contribution in [2.45, 2.75) is 6.92 Å². The van der Waals surface area contributed by atoms with Gasteiger partial charge in [-0.25, -0.2) is 9.78 Å². The highest BCUT2D eigenvalue weighted by molar-refractivity contribution is 7.22. The second-order valence-electron chi connectivity index (χ2n) is 3.18. The summed E-state index contributed by atoms with van der Waals surface area (Å²) in [4.78, 5) is 15.6. The summed E-state index contributed by atoms with van der Waals surface area (Å²) in [5, 5.41) is 0.506. The first-order chi connectivity index (χ1) is 7.11. The number of anilines is 1. The Bertz CT molecular complexity index is 533. The minimum atomic E-state index is -0.332. The normalized spacial score (nSPS) is 10.5. The van der Waals surface area contributed by atoms with Gasteiger partial charge in [-0.2, -0.15) is 0 Å². The van der Waals surface area contributed by atoms with Gasteiger partial charge in [0.25, 0.3) is 0 Å². The lowest BCUT2D eigenvalue weighted by Gasteiger charge is -2.02. The van der Waals surface area contributed by atoms with Crippen molar-refractivity contribution in [3.8, 4) is 0 Å². The molecule has 5 heteroatoms. The Kier molecular flexibility index (Phi) is 2.32. The van der Waals surface area contributed by atoms with Crippen LogP contribution in [0.4, 0.5) is 5.13 Å². The van der Waals surface area contributed by atoms with E-state index in [1.54, 1.807) is 6.07 Å². The smallest absolute Gasteiger partial charge is 0.338 e. The maximum Gasteiger partial charge on any atom is 0.338 e. The summed E-state index contributed by atoms with van der Waals surface area (Å²) in [6.45, 7) is 1.85. The second-order valence-corrected chi connectivity index (χ2v) is 4.24. The van der Waals surface area contributed by atoms with Gasteiger partial charge < -0.3 is 10.5 Å². The second kappa shape index (κ2) is 3.51. The van der Waals surface area contributed by atoms with Crippen molar-refractivity contribution in [1.82, 2.24) is 4.98 Å². The quantitative estimate of drug-likeness (QED) is 0.749. The molecule has 2 aromatic rings. The minimum Gasteiger partial charge on any atom is -0.465 e. The van der Waals surface area contributed by atoms with Gasteiger partial charge in [0.2, 0.25) is 0 Å². The highest BCUT2D eigenvalue weighted by atomic mass is 32.1. The number of methoxy groups -OCH3 is 1. The Morgan fingerprint density at radius 2 is 2.27 bits per heavy atom. The number of rotatable bonds is 1. The number of hydrogen-bond donors (Lipinski definition) is 1. The van der Waals surface area contributed by atoms with Crippen LogP contribution in [-0.4, -0.2) is 18.1 Å². The summed E-state index contributed by atoms with van der Waals surface area (Å²) in [6, 6.07) is 3.61. The SMILES string of the molecule is COC(=O)c1cc2sc(N)nc2cc1C. The third-order valence-electron chi connectivity index (χ3n) is 2.16. The minimum absolute atomic E-state index is 0.332. The van der Waals surface area contributed by atoms with Crippen LogP contribution in [0.3, 0.4) is 0 Å². The molecule has 0 spiro atoms. The van der Waals surface area contributed by atoms with Crippen molar-refractivity contribution in [1.29, 1.82) is 0 Å². The van der Waals surface area contributed by atoms with E-state index in [1.807, 2.05) is 13.0 Å². The molecule has 78 valence electrons. The Labute approximate surface area is 90.7 Å². The molecule has 0 saturated carbocycles. The van der Waals surface area contributed by atoms with Crippen molar-refractivity contribution in [3.63, 3.8) is 0 Å². The lowest BCUT2D eigenvalue weighted by Crippen LogP contribution is -2.03. The van der Waals surface area contributed by atoms with Crippen LogP contribution < -0.4 is 5.73 Å². The van der Waals surface area contributed by atoms with Gasteiger partial charge in [0.05, 0.1) is 22.9 Å². The maximum absolute atomic E-state index is 11.4. The lowest BCUT2D eigenvalue weighted by atomic mass is 10.1. The summed E-state index contributed by atoms with van der Waals surface area (Å²) in [7, 11) is 1.37. The molecule has 0 radical (unpaired) electrons. The van der Waals surface area contributed by atoms with Crippen LogP contribution in [0.1, 0.15) is 15.9 Å². The van der Waals surface area contributed by atoms with Crippen LogP contribution in [0.5, 0.6) is 0 Å². The molecule has 2 N–H and O–H groups in total. The molecule has 0 aliphatic carbocycles. The van der Waals surface area contributed by atoms with Gasteiger partial charge in [-0.15, -0.1) is 0 Å². The third kappa shape index (κ3) is 1.66. The zero-order chi connectivity index (χ0) is 11.0. The fourth-order valence-corrected chi connectivity index (χ4v) is 2.18. The number of hydrogen-bond acceptors (Lipinski definition) is 5. The third-order valence-corrected chi connectivity index (χ3v) is 3.00. The maximum atomic E-state index is 11.4. The molecule has 0 unspecified atom stereocenters. The van der Waals surface area contributed by atoms with Gasteiger partial charge in [-0.1, -0.05) is 11.3 Å². The first-order valence-corrected chi connectivity index (χ1v) is 5.18. The number of ether oxygens (including phenoxy) is 1. The number of thiazole rings is 1. The summed E-state index contributed by atoms with van der Waals surface area (Å²) in [5.41, 5.74) is 7.82. The molecule has 1 aromatic heterocycles. The van der Waals surface area contributed by atoms with Gasteiger partial charge in [0.1, 0.15) is 0 Å². The zero-order valence-electron chi connectivity index (χ0n) is 8.40. The van der Waals surface area contributed by atoms with Crippen LogP contribution in [-0.2, 0) is 4.74 Å². The Morgan fingerprint density at radius 3 is 2.93 bits per heavy atom. The van der Waals surface area contributed by atoms with E-state index in [-0.39, 0.29) is 5.97 Å². The standard InChI is InChI=1S/C10H10N2O2S/c1-5-3-7-8(15-10(11)12-7)4-6(5)9(13)14-2/h3-4H,1-2H3,(H2,11,12). The van der Waals surface area contributed by atoms with E-state index >= 15 is 0 Å². The highest BCUT2D eigenvalue weighted by Gasteiger charge is 2.12. The number of carbonyl (C=O) groups is 1. The molecule has 0 saturated heterocycles. The molecule has 0 aliphatic heterocycles. The van der Waals surface area contributed by atoms with Crippen LogP contribution in [0.25, 0.3) is 10.2 Å². The predicted molar refractivity (Wildman–Crippen MR) is 60.1 cm³/mol. The summed E-state index contributed by atoms with van der Waals surface area (Å²) >= 11 is 1.36. The number of esters is 1. The summed E-state index contributed by atoms with van der Waals surface area (Å²) < 4.78 is 5.59.